The maximum Gasteiger partial charge on any atom is 0.218 e. The Morgan fingerprint density at radius 1 is 1.26 bits per heavy atom. The molecule has 106 valence electrons. The molecule has 3 nitrogen and oxygen atoms in total. The Morgan fingerprint density at radius 3 is 2.63 bits per heavy atom. The van der Waals surface area contributed by atoms with Gasteiger partial charge in [0.1, 0.15) is 0 Å². The molecule has 1 atom stereocenters. The molecule has 0 bridgehead atoms. The topological polar surface area (TPSA) is 37.4 Å². The smallest absolute Gasteiger partial charge is 0.212 e. The van der Waals surface area contributed by atoms with Crippen LogP contribution in [0.3, 0.4) is 0 Å². The lowest BCUT2D eigenvalue weighted by Gasteiger charge is -2.32. The summed E-state index contributed by atoms with van der Waals surface area (Å²) in [4.78, 5) is 0. The molecular formula is C13H17Cl2NO2S. The number of hydrogen-bond acceptors (Lipinski definition) is 2. The summed E-state index contributed by atoms with van der Waals surface area (Å²) < 4.78 is 26.4. The van der Waals surface area contributed by atoms with Crippen LogP contribution in [0, 0.1) is 0 Å². The highest BCUT2D eigenvalue weighted by Gasteiger charge is 2.29. The molecule has 0 aliphatic carbocycles. The van der Waals surface area contributed by atoms with Gasteiger partial charge in [-0.15, -0.1) is 0 Å². The van der Waals surface area contributed by atoms with Crippen molar-refractivity contribution in [3.63, 3.8) is 0 Å². The number of nitrogens with zero attached hydrogens (tertiary/aromatic N) is 1. The van der Waals surface area contributed by atoms with Crippen molar-refractivity contribution in [3.05, 3.63) is 33.8 Å². The van der Waals surface area contributed by atoms with E-state index in [4.69, 9.17) is 23.2 Å². The molecule has 0 saturated carbocycles. The van der Waals surface area contributed by atoms with Gasteiger partial charge in [-0.05, 0) is 37.5 Å². The van der Waals surface area contributed by atoms with Gasteiger partial charge in [0.05, 0.1) is 15.8 Å². The van der Waals surface area contributed by atoms with Crippen LogP contribution in [0.2, 0.25) is 10.0 Å². The Hall–Kier alpha value is -0.290. The van der Waals surface area contributed by atoms with Gasteiger partial charge in [-0.2, -0.15) is 4.31 Å². The number of piperidine rings is 1. The summed E-state index contributed by atoms with van der Waals surface area (Å²) in [6, 6.07) is 5.05. The molecule has 1 fully saturated rings. The molecule has 0 N–H and O–H groups in total. The van der Waals surface area contributed by atoms with E-state index in [1.165, 1.54) is 0 Å². The van der Waals surface area contributed by atoms with Gasteiger partial charge < -0.3 is 0 Å². The molecule has 1 aliphatic heterocycles. The second-order valence-corrected chi connectivity index (χ2v) is 7.70. The minimum absolute atomic E-state index is 0.0196. The maximum absolute atomic E-state index is 12.4. The fourth-order valence-electron chi connectivity index (χ4n) is 2.41. The summed E-state index contributed by atoms with van der Waals surface area (Å²) in [6.45, 7) is 2.58. The molecule has 2 rings (SSSR count). The van der Waals surface area contributed by atoms with Crippen LogP contribution in [0.15, 0.2) is 18.2 Å². The highest BCUT2D eigenvalue weighted by molar-refractivity contribution is 7.88. The summed E-state index contributed by atoms with van der Waals surface area (Å²) >= 11 is 11.7. The van der Waals surface area contributed by atoms with Crippen molar-refractivity contribution in [1.29, 1.82) is 0 Å². The number of halogens is 2. The molecule has 1 aromatic carbocycles. The lowest BCUT2D eigenvalue weighted by atomic mass is 10.1. The van der Waals surface area contributed by atoms with E-state index in [-0.39, 0.29) is 11.8 Å². The van der Waals surface area contributed by atoms with Crippen molar-refractivity contribution in [1.82, 2.24) is 4.31 Å². The first kappa shape index (κ1) is 15.1. The Bertz CT molecular complexity index is 560. The molecule has 1 heterocycles. The van der Waals surface area contributed by atoms with Crippen LogP contribution in [0.1, 0.15) is 31.7 Å². The van der Waals surface area contributed by atoms with E-state index in [2.05, 4.69) is 0 Å². The molecule has 1 saturated heterocycles. The van der Waals surface area contributed by atoms with Crippen molar-refractivity contribution in [2.75, 3.05) is 6.54 Å². The van der Waals surface area contributed by atoms with Gasteiger partial charge in [0, 0.05) is 12.6 Å². The van der Waals surface area contributed by atoms with Crippen molar-refractivity contribution in [2.45, 2.75) is 38.0 Å². The first-order valence-corrected chi connectivity index (χ1v) is 8.70. The van der Waals surface area contributed by atoms with Crippen LogP contribution in [-0.4, -0.2) is 25.3 Å². The minimum Gasteiger partial charge on any atom is -0.212 e. The monoisotopic (exact) mass is 321 g/mol. The van der Waals surface area contributed by atoms with E-state index in [0.29, 0.717) is 22.2 Å². The molecule has 1 aromatic rings. The fourth-order valence-corrected chi connectivity index (χ4v) is 4.56. The Labute approximate surface area is 124 Å². The van der Waals surface area contributed by atoms with Crippen LogP contribution in [0.25, 0.3) is 0 Å². The number of sulfonamides is 1. The van der Waals surface area contributed by atoms with Gasteiger partial charge in [0.25, 0.3) is 0 Å². The molecular weight excluding hydrogens is 305 g/mol. The van der Waals surface area contributed by atoms with Crippen molar-refractivity contribution < 1.29 is 8.42 Å². The standard InChI is InChI=1S/C13H17Cl2NO2S/c1-10-4-2-3-7-16(10)19(17,18)9-11-5-6-12(14)13(15)8-11/h5-6,8,10H,2-4,7,9H2,1H3. The number of benzene rings is 1. The first-order valence-electron chi connectivity index (χ1n) is 6.33. The quantitative estimate of drug-likeness (QED) is 0.851. The summed E-state index contributed by atoms with van der Waals surface area (Å²) in [7, 11) is -3.28. The van der Waals surface area contributed by atoms with Crippen molar-refractivity contribution in [2.24, 2.45) is 0 Å². The second-order valence-electron chi connectivity index (χ2n) is 4.96. The average Bonchev–Trinajstić information content (AvgIpc) is 2.34. The van der Waals surface area contributed by atoms with Crippen LogP contribution in [0.4, 0.5) is 0 Å². The molecule has 0 amide bonds. The zero-order valence-corrected chi connectivity index (χ0v) is 13.1. The third-order valence-electron chi connectivity index (χ3n) is 3.43. The number of hydrogen-bond donors (Lipinski definition) is 0. The SMILES string of the molecule is CC1CCCCN1S(=O)(=O)Cc1ccc(Cl)c(Cl)c1. The zero-order valence-electron chi connectivity index (χ0n) is 10.8. The predicted octanol–water partition coefficient (Wildman–Crippen LogP) is 3.70. The fraction of sp³-hybridized carbons (Fsp3) is 0.538. The lowest BCUT2D eigenvalue weighted by molar-refractivity contribution is 0.268. The van der Waals surface area contributed by atoms with Crippen LogP contribution in [-0.2, 0) is 15.8 Å². The molecule has 0 aromatic heterocycles. The normalized spacial score (nSPS) is 21.5. The average molecular weight is 322 g/mol. The van der Waals surface area contributed by atoms with E-state index in [1.54, 1.807) is 22.5 Å². The third-order valence-corrected chi connectivity index (χ3v) is 6.13. The Morgan fingerprint density at radius 2 is 2.00 bits per heavy atom. The van der Waals surface area contributed by atoms with Crippen LogP contribution in [0.5, 0.6) is 0 Å². The van der Waals surface area contributed by atoms with Gasteiger partial charge in [-0.3, -0.25) is 0 Å². The van der Waals surface area contributed by atoms with E-state index < -0.39 is 10.0 Å². The Kier molecular flexibility index (Phi) is 4.77. The van der Waals surface area contributed by atoms with Crippen LogP contribution >= 0.6 is 23.2 Å². The molecule has 19 heavy (non-hydrogen) atoms. The molecule has 0 radical (unpaired) electrons. The molecule has 1 unspecified atom stereocenters. The van der Waals surface area contributed by atoms with Gasteiger partial charge in [-0.1, -0.05) is 35.7 Å². The van der Waals surface area contributed by atoms with Crippen LogP contribution < -0.4 is 0 Å². The highest BCUT2D eigenvalue weighted by Crippen LogP contribution is 2.26. The second kappa shape index (κ2) is 6.00. The van der Waals surface area contributed by atoms with E-state index in [0.717, 1.165) is 19.3 Å². The molecule has 0 spiro atoms. The first-order chi connectivity index (χ1) is 8.90. The number of rotatable bonds is 3. The van der Waals surface area contributed by atoms with Crippen molar-refractivity contribution >= 4 is 33.2 Å². The van der Waals surface area contributed by atoms with Gasteiger partial charge >= 0.3 is 0 Å². The third kappa shape index (κ3) is 3.63. The largest absolute Gasteiger partial charge is 0.218 e. The lowest BCUT2D eigenvalue weighted by Crippen LogP contribution is -2.42. The minimum atomic E-state index is -3.28. The van der Waals surface area contributed by atoms with Gasteiger partial charge in [-0.25, -0.2) is 8.42 Å². The van der Waals surface area contributed by atoms with E-state index in [9.17, 15) is 8.42 Å². The molecule has 1 aliphatic rings. The summed E-state index contributed by atoms with van der Waals surface area (Å²) in [5.41, 5.74) is 0.673. The predicted molar refractivity (Wildman–Crippen MR) is 79.1 cm³/mol. The van der Waals surface area contributed by atoms with E-state index in [1.807, 2.05) is 6.92 Å². The highest BCUT2D eigenvalue weighted by atomic mass is 35.5. The summed E-state index contributed by atoms with van der Waals surface area (Å²) in [6.07, 6.45) is 2.96. The summed E-state index contributed by atoms with van der Waals surface area (Å²) in [5.74, 6) is -0.0196. The molecule has 6 heteroatoms. The summed E-state index contributed by atoms with van der Waals surface area (Å²) in [5, 5.41) is 0.829. The van der Waals surface area contributed by atoms with Crippen molar-refractivity contribution in [3.8, 4) is 0 Å². The van der Waals surface area contributed by atoms with Gasteiger partial charge in [0.15, 0.2) is 0 Å². The van der Waals surface area contributed by atoms with Gasteiger partial charge in [0.2, 0.25) is 10.0 Å². The zero-order chi connectivity index (χ0) is 14.0. The van der Waals surface area contributed by atoms with E-state index >= 15 is 0 Å². The Balaban J connectivity index is 2.18. The maximum atomic E-state index is 12.4.